The molecule has 0 fully saturated rings. The number of aromatic nitrogens is 2. The molecule has 2 rings (SSSR count). The van der Waals surface area contributed by atoms with Crippen molar-refractivity contribution in [2.75, 3.05) is 0 Å². The molecule has 2 heterocycles. The fraction of sp³-hybridized carbons (Fsp3) is 0.400. The summed E-state index contributed by atoms with van der Waals surface area (Å²) in [5, 5.41) is 3.27. The first kappa shape index (κ1) is 23.2. The van der Waals surface area contributed by atoms with Gasteiger partial charge in [-0.15, -0.1) is 11.1 Å². The van der Waals surface area contributed by atoms with Gasteiger partial charge < -0.3 is 26.4 Å². The van der Waals surface area contributed by atoms with Gasteiger partial charge in [-0.1, -0.05) is 27.7 Å². The van der Waals surface area contributed by atoms with Crippen molar-refractivity contribution in [3.05, 3.63) is 34.6 Å². The van der Waals surface area contributed by atoms with Crippen LogP contribution in [0, 0.1) is 31.8 Å². The van der Waals surface area contributed by atoms with E-state index < -0.39 is 0 Å². The number of aryl methyl sites for hydroxylation is 2. The maximum atomic E-state index is 4.28. The zero-order valence-electron chi connectivity index (χ0n) is 10.8. The minimum absolute atomic E-state index is 0. The Morgan fingerprint density at radius 1 is 1.25 bits per heavy atom. The van der Waals surface area contributed by atoms with Crippen LogP contribution in [0.15, 0.2) is 10.7 Å². The molecule has 3 nitrogen and oxygen atoms in total. The molecule has 2 aromatic heterocycles. The molecular formula is C10H13K2N2OS-. The predicted molar refractivity (Wildman–Crippen MR) is 55.9 cm³/mol. The smallest absolute Gasteiger partial charge is 0.599 e. The van der Waals surface area contributed by atoms with Crippen LogP contribution >= 0.6 is 11.3 Å². The van der Waals surface area contributed by atoms with Gasteiger partial charge in [0.2, 0.25) is 0 Å². The summed E-state index contributed by atoms with van der Waals surface area (Å²) in [5.41, 5.74) is 3.54. The van der Waals surface area contributed by atoms with Crippen molar-refractivity contribution in [2.24, 2.45) is 0 Å². The largest absolute Gasteiger partial charge is 1.00 e. The van der Waals surface area contributed by atoms with Crippen molar-refractivity contribution < 1.29 is 107 Å². The average molecular weight is 287 g/mol. The number of rotatable bonds is 0. The van der Waals surface area contributed by atoms with E-state index in [2.05, 4.69) is 32.6 Å². The Morgan fingerprint density at radius 3 is 2.00 bits per heavy atom. The molecule has 2 aromatic rings. The van der Waals surface area contributed by atoms with Crippen molar-refractivity contribution in [3.63, 3.8) is 0 Å². The first-order valence-electron chi connectivity index (χ1n) is 4.29. The van der Waals surface area contributed by atoms with Gasteiger partial charge in [-0.2, -0.15) is 0 Å². The second-order valence-electron chi connectivity index (χ2n) is 2.08. The third kappa shape index (κ3) is 14.2. The van der Waals surface area contributed by atoms with E-state index in [0.717, 1.165) is 5.56 Å². The second kappa shape index (κ2) is 17.1. The molecule has 0 unspecified atom stereocenters. The van der Waals surface area contributed by atoms with Crippen molar-refractivity contribution in [1.29, 1.82) is 0 Å². The number of nitrogens with zero attached hydrogens (tertiary/aromatic N) is 2. The third-order valence-electron chi connectivity index (χ3n) is 0.963. The van der Waals surface area contributed by atoms with Crippen LogP contribution in [0.1, 0.15) is 24.3 Å². The summed E-state index contributed by atoms with van der Waals surface area (Å²) in [6, 6.07) is 0. The SMILES string of the molecule is CC.Cc1[c-]no[c-]1.Cc1cn[c-]s1.[K+].[K+]. The zero-order chi connectivity index (χ0) is 10.8. The molecule has 0 spiro atoms. The van der Waals surface area contributed by atoms with Gasteiger partial charge in [-0.25, -0.2) is 0 Å². The summed E-state index contributed by atoms with van der Waals surface area (Å²) in [5.74, 6) is 0. The Kier molecular flexibility index (Phi) is 24.8. The molecule has 16 heavy (non-hydrogen) atoms. The van der Waals surface area contributed by atoms with E-state index in [9.17, 15) is 0 Å². The molecule has 0 aliphatic carbocycles. The Balaban J connectivity index is -0.000000165. The van der Waals surface area contributed by atoms with Gasteiger partial charge in [0, 0.05) is 0 Å². The Morgan fingerprint density at radius 2 is 1.88 bits per heavy atom. The van der Waals surface area contributed by atoms with Crippen LogP contribution in [0.4, 0.5) is 0 Å². The van der Waals surface area contributed by atoms with E-state index in [0.29, 0.717) is 0 Å². The van der Waals surface area contributed by atoms with Gasteiger partial charge in [0.25, 0.3) is 0 Å². The molecule has 0 bridgehead atoms. The molecule has 0 aliphatic heterocycles. The van der Waals surface area contributed by atoms with Crippen molar-refractivity contribution >= 4 is 11.3 Å². The van der Waals surface area contributed by atoms with Crippen molar-refractivity contribution in [2.45, 2.75) is 27.7 Å². The summed E-state index contributed by atoms with van der Waals surface area (Å²) in [6.45, 7) is 7.82. The fourth-order valence-corrected chi connectivity index (χ4v) is 0.802. The van der Waals surface area contributed by atoms with Crippen LogP contribution in [-0.2, 0) is 0 Å². The standard InChI is InChI=1S/C4H3NO.C4H4NS.C2H6.2K/c1-4-2-5-6-3-4;1-4-2-5-3-6-4;1-2;;/h1H3;2H,1H3;1-2H3;;/q-2;-1;;2*+1. The number of hydrogen-bond acceptors (Lipinski definition) is 4. The maximum absolute atomic E-state index is 4.28. The first-order chi connectivity index (χ1) is 6.79. The fourth-order valence-electron chi connectivity index (χ4n) is 0.447. The molecule has 0 saturated carbocycles. The normalized spacial score (nSPS) is 7.00. The van der Waals surface area contributed by atoms with Gasteiger partial charge in [0.15, 0.2) is 0 Å². The molecule has 0 aromatic carbocycles. The van der Waals surface area contributed by atoms with Crippen molar-refractivity contribution in [3.8, 4) is 0 Å². The Hall–Kier alpha value is 2.11. The number of hydrogen-bond donors (Lipinski definition) is 0. The average Bonchev–Trinajstić information content (AvgIpc) is 2.83. The van der Waals surface area contributed by atoms with Crippen LogP contribution in [0.2, 0.25) is 0 Å². The minimum Gasteiger partial charge on any atom is -0.599 e. The van der Waals surface area contributed by atoms with Crippen molar-refractivity contribution in [1.82, 2.24) is 10.1 Å². The van der Waals surface area contributed by atoms with Crippen LogP contribution in [0.5, 0.6) is 0 Å². The summed E-state index contributed by atoms with van der Waals surface area (Å²) in [4.78, 5) is 4.93. The quantitative estimate of drug-likeness (QED) is 0.380. The molecule has 0 aliphatic rings. The van der Waals surface area contributed by atoms with E-state index in [1.165, 1.54) is 4.88 Å². The molecular weight excluding hydrogens is 274 g/mol. The topological polar surface area (TPSA) is 38.9 Å². The third-order valence-corrected chi connectivity index (χ3v) is 1.59. The molecule has 0 saturated heterocycles. The molecule has 78 valence electrons. The van der Waals surface area contributed by atoms with Gasteiger partial charge in [-0.05, 0) is 5.51 Å². The van der Waals surface area contributed by atoms with Crippen LogP contribution in [-0.4, -0.2) is 10.1 Å². The van der Waals surface area contributed by atoms with Gasteiger partial charge >= 0.3 is 103 Å². The van der Waals surface area contributed by atoms with Gasteiger partial charge in [0.1, 0.15) is 0 Å². The predicted octanol–water partition coefficient (Wildman–Crippen LogP) is -3.13. The molecule has 0 N–H and O–H groups in total. The van der Waals surface area contributed by atoms with Gasteiger partial charge in [0.05, 0.1) is 0 Å². The maximum Gasteiger partial charge on any atom is 1.00 e. The van der Waals surface area contributed by atoms with Gasteiger partial charge in [-0.3, -0.25) is 17.6 Å². The monoisotopic (exact) mass is 287 g/mol. The Bertz CT molecular complexity index is 266. The summed E-state index contributed by atoms with van der Waals surface area (Å²) in [7, 11) is 0. The van der Waals surface area contributed by atoms with Crippen LogP contribution in [0.25, 0.3) is 0 Å². The van der Waals surface area contributed by atoms with E-state index in [1.54, 1.807) is 17.5 Å². The minimum atomic E-state index is 0. The summed E-state index contributed by atoms with van der Waals surface area (Å²) < 4.78 is 4.28. The molecule has 0 radical (unpaired) electrons. The molecule has 6 heteroatoms. The second-order valence-corrected chi connectivity index (χ2v) is 3.11. The van der Waals surface area contributed by atoms with Crippen LogP contribution < -0.4 is 103 Å². The van der Waals surface area contributed by atoms with E-state index in [1.807, 2.05) is 27.7 Å². The summed E-state index contributed by atoms with van der Waals surface area (Å²) in [6.07, 6.45) is 6.78. The molecule has 0 atom stereocenters. The van der Waals surface area contributed by atoms with E-state index in [4.69, 9.17) is 0 Å². The van der Waals surface area contributed by atoms with Crippen LogP contribution in [0.3, 0.4) is 0 Å². The number of thiazole rings is 1. The molecule has 0 amide bonds. The zero-order valence-corrected chi connectivity index (χ0v) is 17.9. The van der Waals surface area contributed by atoms with E-state index >= 15 is 0 Å². The summed E-state index contributed by atoms with van der Waals surface area (Å²) >= 11 is 1.54. The first-order valence-corrected chi connectivity index (χ1v) is 5.11. The Labute approximate surface area is 187 Å². The van der Waals surface area contributed by atoms with E-state index in [-0.39, 0.29) is 103 Å².